The molecular formula is C16H13Cl2F3O3S. The molecule has 2 aromatic carbocycles. The van der Waals surface area contributed by atoms with E-state index in [0.29, 0.717) is 5.75 Å². The van der Waals surface area contributed by atoms with Gasteiger partial charge < -0.3 is 9.84 Å². The van der Waals surface area contributed by atoms with Crippen LogP contribution in [-0.4, -0.2) is 28.4 Å². The number of hydrogen-bond acceptors (Lipinski definition) is 3. The van der Waals surface area contributed by atoms with Crippen LogP contribution in [0.25, 0.3) is 0 Å². The predicted octanol–water partition coefficient (Wildman–Crippen LogP) is 4.56. The van der Waals surface area contributed by atoms with Gasteiger partial charge in [0.2, 0.25) is 0 Å². The Bertz CT molecular complexity index is 781. The van der Waals surface area contributed by atoms with E-state index in [0.717, 1.165) is 12.1 Å². The van der Waals surface area contributed by atoms with Gasteiger partial charge >= 0.3 is 6.18 Å². The Morgan fingerprint density at radius 3 is 2.16 bits per heavy atom. The van der Waals surface area contributed by atoms with E-state index in [1.165, 1.54) is 37.4 Å². The highest BCUT2D eigenvalue weighted by atomic mass is 35.5. The van der Waals surface area contributed by atoms with Gasteiger partial charge in [-0.3, -0.25) is 4.21 Å². The van der Waals surface area contributed by atoms with E-state index >= 15 is 0 Å². The quantitative estimate of drug-likeness (QED) is 0.782. The van der Waals surface area contributed by atoms with Crippen molar-refractivity contribution in [3.63, 3.8) is 0 Å². The summed E-state index contributed by atoms with van der Waals surface area (Å²) >= 11 is 11.5. The van der Waals surface area contributed by atoms with Crippen molar-refractivity contribution in [2.75, 3.05) is 12.9 Å². The Morgan fingerprint density at radius 2 is 1.68 bits per heavy atom. The normalized spacial score (nSPS) is 15.5. The molecule has 0 saturated heterocycles. The first-order valence-corrected chi connectivity index (χ1v) is 8.93. The molecule has 2 unspecified atom stereocenters. The Labute approximate surface area is 154 Å². The van der Waals surface area contributed by atoms with Crippen molar-refractivity contribution in [3.05, 3.63) is 58.1 Å². The van der Waals surface area contributed by atoms with Gasteiger partial charge in [-0.25, -0.2) is 0 Å². The number of aliphatic hydroxyl groups is 1. The van der Waals surface area contributed by atoms with Crippen molar-refractivity contribution in [1.29, 1.82) is 0 Å². The number of hydrogen-bond donors (Lipinski definition) is 1. The Kier molecular flexibility index (Phi) is 6.04. The monoisotopic (exact) mass is 412 g/mol. The van der Waals surface area contributed by atoms with Crippen molar-refractivity contribution < 1.29 is 27.2 Å². The molecule has 0 fully saturated rings. The Balaban J connectivity index is 2.39. The zero-order chi connectivity index (χ0) is 18.8. The van der Waals surface area contributed by atoms with E-state index < -0.39 is 33.9 Å². The summed E-state index contributed by atoms with van der Waals surface area (Å²) in [5.74, 6) is -0.750. The average Bonchev–Trinajstić information content (AvgIpc) is 2.56. The fourth-order valence-corrected chi connectivity index (χ4v) is 3.80. The van der Waals surface area contributed by atoms with Gasteiger partial charge in [-0.2, -0.15) is 13.2 Å². The van der Waals surface area contributed by atoms with E-state index in [1.54, 1.807) is 0 Å². The van der Waals surface area contributed by atoms with E-state index in [4.69, 9.17) is 27.9 Å². The van der Waals surface area contributed by atoms with Crippen LogP contribution in [0.1, 0.15) is 5.56 Å². The predicted molar refractivity (Wildman–Crippen MR) is 90.7 cm³/mol. The Hall–Kier alpha value is -1.28. The van der Waals surface area contributed by atoms with Gasteiger partial charge in [0, 0.05) is 4.90 Å². The lowest BCUT2D eigenvalue weighted by atomic mass is 9.95. The van der Waals surface area contributed by atoms with Gasteiger partial charge in [0.1, 0.15) is 5.75 Å². The van der Waals surface area contributed by atoms with Crippen molar-refractivity contribution in [3.8, 4) is 5.75 Å². The van der Waals surface area contributed by atoms with Crippen molar-refractivity contribution >= 4 is 34.0 Å². The molecule has 3 nitrogen and oxygen atoms in total. The smallest absolute Gasteiger partial charge is 0.422 e. The molecule has 0 aliphatic heterocycles. The van der Waals surface area contributed by atoms with Crippen LogP contribution in [0.3, 0.4) is 0 Å². The summed E-state index contributed by atoms with van der Waals surface area (Å²) in [5, 5.41) is 10.6. The van der Waals surface area contributed by atoms with Crippen LogP contribution in [0, 0.1) is 0 Å². The lowest BCUT2D eigenvalue weighted by Crippen LogP contribution is -2.46. The minimum atomic E-state index is -5.03. The molecule has 0 amide bonds. The van der Waals surface area contributed by atoms with Gasteiger partial charge in [-0.1, -0.05) is 35.3 Å². The second kappa shape index (κ2) is 7.53. The van der Waals surface area contributed by atoms with Gasteiger partial charge in [0.25, 0.3) is 0 Å². The number of methoxy groups -OCH3 is 1. The molecule has 9 heteroatoms. The molecule has 136 valence electrons. The van der Waals surface area contributed by atoms with Crippen LogP contribution in [-0.2, 0) is 16.4 Å². The number of benzene rings is 2. The number of alkyl halides is 3. The highest BCUT2D eigenvalue weighted by molar-refractivity contribution is 7.85. The minimum Gasteiger partial charge on any atom is -0.497 e. The number of ether oxygens (including phenoxy) is 1. The second-order valence-electron chi connectivity index (χ2n) is 5.15. The van der Waals surface area contributed by atoms with Gasteiger partial charge in [-0.15, -0.1) is 0 Å². The molecule has 25 heavy (non-hydrogen) atoms. The largest absolute Gasteiger partial charge is 0.497 e. The molecule has 0 aliphatic rings. The van der Waals surface area contributed by atoms with Crippen LogP contribution in [0.2, 0.25) is 10.0 Å². The van der Waals surface area contributed by atoms with Crippen molar-refractivity contribution in [1.82, 2.24) is 0 Å². The van der Waals surface area contributed by atoms with Crippen LogP contribution >= 0.6 is 23.2 Å². The molecule has 0 spiro atoms. The number of rotatable bonds is 5. The maximum absolute atomic E-state index is 13.5. The zero-order valence-electron chi connectivity index (χ0n) is 12.8. The molecule has 1 N–H and O–H groups in total. The SMILES string of the molecule is COc1ccc(C(O)(CS(=O)c2ccc(Cl)c(Cl)c2)C(F)(F)F)cc1. The first-order chi connectivity index (χ1) is 11.6. The lowest BCUT2D eigenvalue weighted by Gasteiger charge is -2.30. The standard InChI is InChI=1S/C16H13Cl2F3O3S/c1-24-11-4-2-10(3-5-11)15(22,16(19,20)21)9-25(23)12-6-7-13(17)14(18)8-12/h2-8,22H,9H2,1H3. The average molecular weight is 413 g/mol. The first kappa shape index (κ1) is 20.0. The zero-order valence-corrected chi connectivity index (χ0v) is 15.1. The van der Waals surface area contributed by atoms with Crippen LogP contribution < -0.4 is 4.74 Å². The topological polar surface area (TPSA) is 46.5 Å². The van der Waals surface area contributed by atoms with Gasteiger partial charge in [0.05, 0.1) is 33.7 Å². The summed E-state index contributed by atoms with van der Waals surface area (Å²) in [6.07, 6.45) is -5.03. The third kappa shape index (κ3) is 4.28. The number of halogens is 5. The van der Waals surface area contributed by atoms with E-state index in [2.05, 4.69) is 0 Å². The highest BCUT2D eigenvalue weighted by Crippen LogP contribution is 2.41. The molecule has 0 bridgehead atoms. The first-order valence-electron chi connectivity index (χ1n) is 6.85. The maximum Gasteiger partial charge on any atom is 0.422 e. The lowest BCUT2D eigenvalue weighted by molar-refractivity contribution is -0.256. The minimum absolute atomic E-state index is 0.0330. The summed E-state index contributed by atoms with van der Waals surface area (Å²) in [6, 6.07) is 8.58. The Morgan fingerprint density at radius 1 is 1.08 bits per heavy atom. The maximum atomic E-state index is 13.5. The van der Waals surface area contributed by atoms with Crippen LogP contribution in [0.4, 0.5) is 13.2 Å². The third-order valence-electron chi connectivity index (χ3n) is 3.53. The molecule has 2 aromatic rings. The molecule has 2 rings (SSSR count). The molecule has 0 radical (unpaired) electrons. The van der Waals surface area contributed by atoms with E-state index in [9.17, 15) is 22.5 Å². The van der Waals surface area contributed by atoms with Gasteiger partial charge in [-0.05, 0) is 35.9 Å². The third-order valence-corrected chi connectivity index (χ3v) is 5.73. The molecule has 0 aliphatic carbocycles. The molecule has 2 atom stereocenters. The van der Waals surface area contributed by atoms with E-state index in [1.807, 2.05) is 0 Å². The van der Waals surface area contributed by atoms with Gasteiger partial charge in [0.15, 0.2) is 5.60 Å². The van der Waals surface area contributed by atoms with Crippen molar-refractivity contribution in [2.24, 2.45) is 0 Å². The van der Waals surface area contributed by atoms with Crippen molar-refractivity contribution in [2.45, 2.75) is 16.7 Å². The highest BCUT2D eigenvalue weighted by Gasteiger charge is 2.56. The van der Waals surface area contributed by atoms with Crippen LogP contribution in [0.5, 0.6) is 5.75 Å². The summed E-state index contributed by atoms with van der Waals surface area (Å²) in [5.41, 5.74) is -3.73. The van der Waals surface area contributed by atoms with E-state index in [-0.39, 0.29) is 14.9 Å². The summed E-state index contributed by atoms with van der Waals surface area (Å²) in [4.78, 5) is 0.0330. The summed E-state index contributed by atoms with van der Waals surface area (Å²) < 4.78 is 57.9. The second-order valence-corrected chi connectivity index (χ2v) is 7.42. The molecular weight excluding hydrogens is 400 g/mol. The molecule has 0 saturated carbocycles. The van der Waals surface area contributed by atoms with Crippen LogP contribution in [0.15, 0.2) is 47.4 Å². The molecule has 0 heterocycles. The fourth-order valence-electron chi connectivity index (χ4n) is 2.09. The fraction of sp³-hybridized carbons (Fsp3) is 0.250. The summed E-state index contributed by atoms with van der Waals surface area (Å²) in [7, 11) is -0.804. The summed E-state index contributed by atoms with van der Waals surface area (Å²) in [6.45, 7) is 0. The molecule has 0 aromatic heterocycles.